The molecule has 1 aliphatic carbocycles. The maximum Gasteiger partial charge on any atom is 0.0830 e. The molecule has 3 atom stereocenters. The Labute approximate surface area is 82.0 Å². The summed E-state index contributed by atoms with van der Waals surface area (Å²) in [6, 6.07) is 0. The quantitative estimate of drug-likeness (QED) is 0.726. The first-order chi connectivity index (χ1) is 6.14. The van der Waals surface area contributed by atoms with E-state index in [4.69, 9.17) is 4.74 Å². The van der Waals surface area contributed by atoms with Crippen molar-refractivity contribution in [2.75, 3.05) is 20.7 Å². The minimum atomic E-state index is 0.0897. The minimum absolute atomic E-state index is 0.0897. The van der Waals surface area contributed by atoms with Crippen LogP contribution >= 0.6 is 0 Å². The number of rotatable bonds is 3. The van der Waals surface area contributed by atoms with Gasteiger partial charge in [0.15, 0.2) is 0 Å². The summed E-state index contributed by atoms with van der Waals surface area (Å²) in [6.07, 6.45) is 3.86. The van der Waals surface area contributed by atoms with Crippen molar-refractivity contribution < 1.29 is 4.74 Å². The lowest BCUT2D eigenvalue weighted by Crippen LogP contribution is -2.50. The lowest BCUT2D eigenvalue weighted by molar-refractivity contribution is -0.0866. The van der Waals surface area contributed by atoms with Gasteiger partial charge in [-0.2, -0.15) is 0 Å². The zero-order chi connectivity index (χ0) is 9.90. The summed E-state index contributed by atoms with van der Waals surface area (Å²) < 4.78 is 5.74. The van der Waals surface area contributed by atoms with Gasteiger partial charge in [0.1, 0.15) is 0 Å². The molecule has 0 heterocycles. The standard InChI is InChI=1S/C11H23NO/c1-9-5-6-10(2)11(7-9,13-4)8-12-3/h9-10,12H,5-8H2,1-4H3. The van der Waals surface area contributed by atoms with Gasteiger partial charge in [-0.05, 0) is 31.7 Å². The van der Waals surface area contributed by atoms with Crippen molar-refractivity contribution in [3.05, 3.63) is 0 Å². The predicted octanol–water partition coefficient (Wildman–Crippen LogP) is 2.05. The summed E-state index contributed by atoms with van der Waals surface area (Å²) in [5.41, 5.74) is 0.0897. The van der Waals surface area contributed by atoms with E-state index in [2.05, 4.69) is 19.2 Å². The molecule has 1 aliphatic rings. The summed E-state index contributed by atoms with van der Waals surface area (Å²) >= 11 is 0. The largest absolute Gasteiger partial charge is 0.377 e. The Morgan fingerprint density at radius 1 is 1.38 bits per heavy atom. The van der Waals surface area contributed by atoms with Gasteiger partial charge in [0.2, 0.25) is 0 Å². The first kappa shape index (κ1) is 11.0. The minimum Gasteiger partial charge on any atom is -0.377 e. The summed E-state index contributed by atoms with van der Waals surface area (Å²) in [6.45, 7) is 5.62. The van der Waals surface area contributed by atoms with E-state index in [9.17, 15) is 0 Å². The average Bonchev–Trinajstić information content (AvgIpc) is 2.12. The fourth-order valence-corrected chi connectivity index (χ4v) is 2.59. The van der Waals surface area contributed by atoms with Crippen molar-refractivity contribution in [3.8, 4) is 0 Å². The molecule has 0 aromatic carbocycles. The van der Waals surface area contributed by atoms with Crippen LogP contribution in [0, 0.1) is 11.8 Å². The zero-order valence-electron chi connectivity index (χ0n) is 9.39. The highest BCUT2D eigenvalue weighted by atomic mass is 16.5. The van der Waals surface area contributed by atoms with Crippen LogP contribution in [-0.2, 0) is 4.74 Å². The molecule has 2 heteroatoms. The number of methoxy groups -OCH3 is 1. The van der Waals surface area contributed by atoms with Crippen LogP contribution in [0.15, 0.2) is 0 Å². The second-order valence-electron chi connectivity index (χ2n) is 4.59. The second kappa shape index (κ2) is 4.43. The highest BCUT2D eigenvalue weighted by Crippen LogP contribution is 2.38. The zero-order valence-corrected chi connectivity index (χ0v) is 9.39. The molecule has 2 nitrogen and oxygen atoms in total. The van der Waals surface area contributed by atoms with Crippen molar-refractivity contribution in [3.63, 3.8) is 0 Å². The van der Waals surface area contributed by atoms with Crippen molar-refractivity contribution in [1.29, 1.82) is 0 Å². The van der Waals surface area contributed by atoms with Crippen LogP contribution in [-0.4, -0.2) is 26.3 Å². The van der Waals surface area contributed by atoms with Crippen molar-refractivity contribution in [1.82, 2.24) is 5.32 Å². The fraction of sp³-hybridized carbons (Fsp3) is 1.00. The topological polar surface area (TPSA) is 21.3 Å². The molecule has 3 unspecified atom stereocenters. The van der Waals surface area contributed by atoms with Gasteiger partial charge in [-0.3, -0.25) is 0 Å². The molecule has 13 heavy (non-hydrogen) atoms. The van der Waals surface area contributed by atoms with Crippen molar-refractivity contribution in [2.45, 2.75) is 38.7 Å². The van der Waals surface area contributed by atoms with Gasteiger partial charge in [-0.1, -0.05) is 20.3 Å². The normalized spacial score (nSPS) is 40.6. The lowest BCUT2D eigenvalue weighted by atomic mass is 9.72. The smallest absolute Gasteiger partial charge is 0.0830 e. The molecule has 0 saturated heterocycles. The van der Waals surface area contributed by atoms with Crippen molar-refractivity contribution in [2.24, 2.45) is 11.8 Å². The Kier molecular flexibility index (Phi) is 3.74. The summed E-state index contributed by atoms with van der Waals surface area (Å²) in [4.78, 5) is 0. The molecule has 0 aromatic rings. The first-order valence-electron chi connectivity index (χ1n) is 5.34. The van der Waals surface area contributed by atoms with Crippen LogP contribution in [0.1, 0.15) is 33.1 Å². The second-order valence-corrected chi connectivity index (χ2v) is 4.59. The monoisotopic (exact) mass is 185 g/mol. The summed E-state index contributed by atoms with van der Waals surface area (Å²) in [5.74, 6) is 1.49. The average molecular weight is 185 g/mol. The third kappa shape index (κ3) is 2.23. The number of likely N-dealkylation sites (N-methyl/N-ethyl adjacent to an activating group) is 1. The molecule has 0 radical (unpaired) electrons. The molecule has 1 rings (SSSR count). The van der Waals surface area contributed by atoms with Gasteiger partial charge in [0, 0.05) is 13.7 Å². The third-order valence-electron chi connectivity index (χ3n) is 3.57. The number of hydrogen-bond acceptors (Lipinski definition) is 2. The summed E-state index contributed by atoms with van der Waals surface area (Å²) in [5, 5.41) is 3.26. The number of hydrogen-bond donors (Lipinski definition) is 1. The molecule has 0 bridgehead atoms. The van der Waals surface area contributed by atoms with Crippen LogP contribution in [0.2, 0.25) is 0 Å². The van der Waals surface area contributed by atoms with Crippen LogP contribution in [0.3, 0.4) is 0 Å². The molecule has 0 aromatic heterocycles. The maximum atomic E-state index is 5.74. The molecule has 78 valence electrons. The first-order valence-corrected chi connectivity index (χ1v) is 5.34. The van der Waals surface area contributed by atoms with E-state index in [1.54, 1.807) is 0 Å². The molecule has 1 N–H and O–H groups in total. The van der Waals surface area contributed by atoms with Gasteiger partial charge < -0.3 is 10.1 Å². The van der Waals surface area contributed by atoms with Crippen LogP contribution in [0.25, 0.3) is 0 Å². The van der Waals surface area contributed by atoms with E-state index in [0.29, 0.717) is 5.92 Å². The molecule has 1 saturated carbocycles. The predicted molar refractivity (Wildman–Crippen MR) is 55.8 cm³/mol. The van der Waals surface area contributed by atoms with Gasteiger partial charge in [-0.15, -0.1) is 0 Å². The van der Waals surface area contributed by atoms with E-state index >= 15 is 0 Å². The Balaban J connectivity index is 2.67. The molecule has 0 spiro atoms. The lowest BCUT2D eigenvalue weighted by Gasteiger charge is -2.44. The Morgan fingerprint density at radius 2 is 2.08 bits per heavy atom. The molecular weight excluding hydrogens is 162 g/mol. The van der Waals surface area contributed by atoms with E-state index < -0.39 is 0 Å². The Bertz CT molecular complexity index is 160. The van der Waals surface area contributed by atoms with E-state index in [1.807, 2.05) is 14.2 Å². The Morgan fingerprint density at radius 3 is 2.62 bits per heavy atom. The van der Waals surface area contributed by atoms with Crippen LogP contribution < -0.4 is 5.32 Å². The molecule has 0 aliphatic heterocycles. The van der Waals surface area contributed by atoms with E-state index in [-0.39, 0.29) is 5.60 Å². The van der Waals surface area contributed by atoms with Gasteiger partial charge in [0.05, 0.1) is 5.60 Å². The highest BCUT2D eigenvalue weighted by Gasteiger charge is 2.40. The van der Waals surface area contributed by atoms with Crippen LogP contribution in [0.5, 0.6) is 0 Å². The van der Waals surface area contributed by atoms with Crippen molar-refractivity contribution >= 4 is 0 Å². The molecule has 0 amide bonds. The SMILES string of the molecule is CNCC1(OC)CC(C)CCC1C. The van der Waals surface area contributed by atoms with Crippen LogP contribution in [0.4, 0.5) is 0 Å². The molecule has 1 fully saturated rings. The Hall–Kier alpha value is -0.0800. The third-order valence-corrected chi connectivity index (χ3v) is 3.57. The maximum absolute atomic E-state index is 5.74. The van der Waals surface area contributed by atoms with E-state index in [1.165, 1.54) is 19.3 Å². The molecular formula is C11H23NO. The number of ether oxygens (including phenoxy) is 1. The fourth-order valence-electron chi connectivity index (χ4n) is 2.59. The van der Waals surface area contributed by atoms with Gasteiger partial charge >= 0.3 is 0 Å². The highest BCUT2D eigenvalue weighted by molar-refractivity contribution is 4.93. The van der Waals surface area contributed by atoms with Gasteiger partial charge in [-0.25, -0.2) is 0 Å². The van der Waals surface area contributed by atoms with E-state index in [0.717, 1.165) is 12.5 Å². The summed E-state index contributed by atoms with van der Waals surface area (Å²) in [7, 11) is 3.86. The number of nitrogens with one attached hydrogen (secondary N) is 1. The van der Waals surface area contributed by atoms with Gasteiger partial charge in [0.25, 0.3) is 0 Å².